The summed E-state index contributed by atoms with van der Waals surface area (Å²) in [6.07, 6.45) is 5.28. The Labute approximate surface area is 224 Å². The van der Waals surface area contributed by atoms with Crippen molar-refractivity contribution in [2.24, 2.45) is 17.8 Å². The van der Waals surface area contributed by atoms with Gasteiger partial charge in [0, 0.05) is 44.7 Å². The van der Waals surface area contributed by atoms with Crippen molar-refractivity contribution < 1.29 is 9.59 Å². The molecular weight excluding hydrogens is 493 g/mol. The highest BCUT2D eigenvalue weighted by Gasteiger charge is 2.44. The second-order valence-corrected chi connectivity index (χ2v) is 11.6. The molecule has 0 spiro atoms. The summed E-state index contributed by atoms with van der Waals surface area (Å²) in [6.45, 7) is 5.95. The van der Waals surface area contributed by atoms with Gasteiger partial charge in [-0.05, 0) is 61.3 Å². The van der Waals surface area contributed by atoms with E-state index in [1.165, 1.54) is 18.4 Å². The number of carbonyl (C=O) groups excluding carboxylic acids is 2. The molecule has 1 saturated carbocycles. The molecule has 2 unspecified atom stereocenters. The number of hydrogen-bond donors (Lipinski definition) is 1. The second kappa shape index (κ2) is 11.1. The van der Waals surface area contributed by atoms with Crippen molar-refractivity contribution in [1.29, 1.82) is 0 Å². The van der Waals surface area contributed by atoms with Crippen molar-refractivity contribution in [3.63, 3.8) is 0 Å². The standard InChI is InChI=1S/C29H35Cl2N3O2/c1-19-13-24(30)27(25(31)14-19)29(36)34-17-22-15-33(16-23(22)18-34)26(20-7-3-2-4-8-20)11-12-32-28(35)21-9-5-6-10-21/h2-4,7-8,13-14,21-23,26H,5-6,9-12,15-18H2,1H3,(H,32,35)/t22?,23?,26-/m0/s1. The van der Waals surface area contributed by atoms with E-state index in [1.807, 2.05) is 17.9 Å². The van der Waals surface area contributed by atoms with Crippen molar-refractivity contribution in [1.82, 2.24) is 15.1 Å². The number of likely N-dealkylation sites (tertiary alicyclic amines) is 2. The lowest BCUT2D eigenvalue weighted by Crippen LogP contribution is -2.37. The molecule has 0 aromatic heterocycles. The fourth-order valence-corrected chi connectivity index (χ4v) is 7.17. The third-order valence-corrected chi connectivity index (χ3v) is 8.87. The summed E-state index contributed by atoms with van der Waals surface area (Å²) in [5.41, 5.74) is 2.65. The van der Waals surface area contributed by atoms with Crippen LogP contribution in [0.15, 0.2) is 42.5 Å². The maximum atomic E-state index is 13.3. The molecule has 1 aliphatic carbocycles. The van der Waals surface area contributed by atoms with Crippen LogP contribution in [0.3, 0.4) is 0 Å². The summed E-state index contributed by atoms with van der Waals surface area (Å²) >= 11 is 12.8. The van der Waals surface area contributed by atoms with Gasteiger partial charge in [0.1, 0.15) is 0 Å². The van der Waals surface area contributed by atoms with E-state index < -0.39 is 0 Å². The monoisotopic (exact) mass is 527 g/mol. The Morgan fingerprint density at radius 2 is 1.58 bits per heavy atom. The van der Waals surface area contributed by atoms with E-state index >= 15 is 0 Å². The predicted molar refractivity (Wildman–Crippen MR) is 144 cm³/mol. The van der Waals surface area contributed by atoms with Crippen LogP contribution in [0, 0.1) is 24.7 Å². The Kier molecular flexibility index (Phi) is 7.90. The number of rotatable bonds is 7. The average molecular weight is 529 g/mol. The van der Waals surface area contributed by atoms with E-state index in [-0.39, 0.29) is 23.8 Å². The molecule has 5 nitrogen and oxygen atoms in total. The van der Waals surface area contributed by atoms with Crippen molar-refractivity contribution in [3.8, 4) is 0 Å². The number of nitrogens with one attached hydrogen (secondary N) is 1. The van der Waals surface area contributed by atoms with Gasteiger partial charge >= 0.3 is 0 Å². The summed E-state index contributed by atoms with van der Waals surface area (Å²) in [5, 5.41) is 4.06. The number of benzene rings is 2. The minimum absolute atomic E-state index is 0.0693. The van der Waals surface area contributed by atoms with Crippen LogP contribution in [0.25, 0.3) is 0 Å². The number of carbonyl (C=O) groups is 2. The molecule has 2 aliphatic heterocycles. The summed E-state index contributed by atoms with van der Waals surface area (Å²) in [5.74, 6) is 1.21. The maximum absolute atomic E-state index is 13.3. The van der Waals surface area contributed by atoms with Crippen LogP contribution < -0.4 is 5.32 Å². The van der Waals surface area contributed by atoms with Crippen LogP contribution in [-0.2, 0) is 4.79 Å². The van der Waals surface area contributed by atoms with Crippen LogP contribution in [0.4, 0.5) is 0 Å². The smallest absolute Gasteiger partial charge is 0.256 e. The molecule has 0 radical (unpaired) electrons. The first-order valence-electron chi connectivity index (χ1n) is 13.2. The second-order valence-electron chi connectivity index (χ2n) is 10.8. The molecule has 2 heterocycles. The molecule has 3 atom stereocenters. The molecule has 2 amide bonds. The molecule has 3 aliphatic rings. The van der Waals surface area contributed by atoms with Gasteiger partial charge in [0.15, 0.2) is 0 Å². The van der Waals surface area contributed by atoms with Crippen molar-refractivity contribution in [2.75, 3.05) is 32.7 Å². The molecule has 0 bridgehead atoms. The number of fused-ring (bicyclic) bond motifs is 1. The number of amides is 2. The van der Waals surface area contributed by atoms with E-state index in [4.69, 9.17) is 23.2 Å². The van der Waals surface area contributed by atoms with Crippen molar-refractivity contribution in [3.05, 3.63) is 69.2 Å². The highest BCUT2D eigenvalue weighted by atomic mass is 35.5. The van der Waals surface area contributed by atoms with Crippen LogP contribution >= 0.6 is 23.2 Å². The van der Waals surface area contributed by atoms with Crippen LogP contribution in [-0.4, -0.2) is 54.3 Å². The summed E-state index contributed by atoms with van der Waals surface area (Å²) in [4.78, 5) is 30.3. The van der Waals surface area contributed by atoms with Gasteiger partial charge in [-0.25, -0.2) is 0 Å². The van der Waals surface area contributed by atoms with Crippen molar-refractivity contribution in [2.45, 2.75) is 45.1 Å². The van der Waals surface area contributed by atoms with Gasteiger partial charge in [0.2, 0.25) is 5.91 Å². The quantitative estimate of drug-likeness (QED) is 0.499. The Balaban J connectivity index is 1.22. The van der Waals surface area contributed by atoms with Gasteiger partial charge in [0.25, 0.3) is 5.91 Å². The van der Waals surface area contributed by atoms with E-state index in [2.05, 4.69) is 34.5 Å². The maximum Gasteiger partial charge on any atom is 0.256 e. The van der Waals surface area contributed by atoms with Gasteiger partial charge < -0.3 is 10.2 Å². The van der Waals surface area contributed by atoms with E-state index in [0.29, 0.717) is 34.0 Å². The molecular formula is C29H35Cl2N3O2. The first kappa shape index (κ1) is 25.6. The van der Waals surface area contributed by atoms with Crippen LogP contribution in [0.1, 0.15) is 59.6 Å². The minimum atomic E-state index is -0.0693. The number of hydrogen-bond acceptors (Lipinski definition) is 3. The van der Waals surface area contributed by atoms with E-state index in [0.717, 1.165) is 51.0 Å². The van der Waals surface area contributed by atoms with E-state index in [1.54, 1.807) is 12.1 Å². The van der Waals surface area contributed by atoms with Crippen LogP contribution in [0.5, 0.6) is 0 Å². The lowest BCUT2D eigenvalue weighted by molar-refractivity contribution is -0.124. The minimum Gasteiger partial charge on any atom is -0.356 e. The Hall–Kier alpha value is -2.08. The molecule has 5 rings (SSSR count). The normalized spacial score (nSPS) is 23.1. The Morgan fingerprint density at radius 1 is 0.972 bits per heavy atom. The highest BCUT2D eigenvalue weighted by Crippen LogP contribution is 2.38. The third-order valence-electron chi connectivity index (χ3n) is 8.27. The number of aryl methyl sites for hydroxylation is 1. The highest BCUT2D eigenvalue weighted by molar-refractivity contribution is 6.39. The molecule has 36 heavy (non-hydrogen) atoms. The molecule has 2 aromatic rings. The van der Waals surface area contributed by atoms with Gasteiger partial charge in [0.05, 0.1) is 15.6 Å². The topological polar surface area (TPSA) is 52.7 Å². The van der Waals surface area contributed by atoms with E-state index in [9.17, 15) is 9.59 Å². The summed E-state index contributed by atoms with van der Waals surface area (Å²) in [6, 6.07) is 14.5. The zero-order valence-corrected chi connectivity index (χ0v) is 22.4. The zero-order chi connectivity index (χ0) is 25.2. The summed E-state index contributed by atoms with van der Waals surface area (Å²) < 4.78 is 0. The van der Waals surface area contributed by atoms with Gasteiger partial charge in [-0.3, -0.25) is 14.5 Å². The van der Waals surface area contributed by atoms with Crippen LogP contribution in [0.2, 0.25) is 10.0 Å². The lowest BCUT2D eigenvalue weighted by Gasteiger charge is -2.30. The zero-order valence-electron chi connectivity index (χ0n) is 20.9. The SMILES string of the molecule is Cc1cc(Cl)c(C(=O)N2CC3CN([C@@H](CCNC(=O)C4CCCC4)c4ccccc4)CC3C2)c(Cl)c1. The Bertz CT molecular complexity index is 1070. The molecule has 7 heteroatoms. The fourth-order valence-electron chi connectivity index (χ4n) is 6.41. The predicted octanol–water partition coefficient (Wildman–Crippen LogP) is 5.74. The molecule has 1 N–H and O–H groups in total. The van der Waals surface area contributed by atoms with Crippen molar-refractivity contribution >= 4 is 35.0 Å². The first-order valence-corrected chi connectivity index (χ1v) is 14.0. The third kappa shape index (κ3) is 5.44. The largest absolute Gasteiger partial charge is 0.356 e. The van der Waals surface area contributed by atoms with Gasteiger partial charge in [-0.15, -0.1) is 0 Å². The average Bonchev–Trinajstić information content (AvgIpc) is 3.58. The Morgan fingerprint density at radius 3 is 2.19 bits per heavy atom. The number of halogens is 2. The molecule has 2 saturated heterocycles. The number of nitrogens with zero attached hydrogens (tertiary/aromatic N) is 2. The summed E-state index contributed by atoms with van der Waals surface area (Å²) in [7, 11) is 0. The van der Waals surface area contributed by atoms with Gasteiger partial charge in [-0.2, -0.15) is 0 Å². The van der Waals surface area contributed by atoms with Gasteiger partial charge in [-0.1, -0.05) is 66.4 Å². The first-order chi connectivity index (χ1) is 17.4. The lowest BCUT2D eigenvalue weighted by atomic mass is 10.0. The molecule has 2 aromatic carbocycles. The fraction of sp³-hybridized carbons (Fsp3) is 0.517. The molecule has 3 fully saturated rings. The molecule has 192 valence electrons.